The predicted molar refractivity (Wildman–Crippen MR) is 86.1 cm³/mol. The number of nitrogens with one attached hydrogen (secondary N) is 2. The molecule has 0 fully saturated rings. The Morgan fingerprint density at radius 1 is 1.14 bits per heavy atom. The number of aromatic amines is 1. The van der Waals surface area contributed by atoms with Crippen molar-refractivity contribution in [3.05, 3.63) is 66.0 Å². The smallest absolute Gasteiger partial charge is 0.275 e. The Balaban J connectivity index is 1.86. The van der Waals surface area contributed by atoms with E-state index >= 15 is 0 Å². The number of carbonyl (C=O) groups excluding carboxylic acids is 1. The largest absolute Gasteiger partial charge is 0.507 e. The summed E-state index contributed by atoms with van der Waals surface area (Å²) in [6, 6.07) is 14.5. The van der Waals surface area contributed by atoms with Gasteiger partial charge in [0.05, 0.1) is 17.0 Å². The van der Waals surface area contributed by atoms with Crippen molar-refractivity contribution >= 4 is 22.4 Å². The molecule has 0 saturated heterocycles. The van der Waals surface area contributed by atoms with E-state index in [-0.39, 0.29) is 11.3 Å². The fourth-order valence-corrected chi connectivity index (χ4v) is 2.22. The molecule has 0 aliphatic heterocycles. The van der Waals surface area contributed by atoms with Gasteiger partial charge in [-0.25, -0.2) is 5.43 Å². The van der Waals surface area contributed by atoms with E-state index in [0.29, 0.717) is 5.71 Å². The topological polar surface area (TPSA) is 77.5 Å². The second kappa shape index (κ2) is 5.73. The van der Waals surface area contributed by atoms with Crippen LogP contribution in [0.1, 0.15) is 23.0 Å². The first-order chi connectivity index (χ1) is 10.6. The third kappa shape index (κ3) is 2.69. The molecule has 0 aliphatic rings. The Morgan fingerprint density at radius 3 is 2.55 bits per heavy atom. The van der Waals surface area contributed by atoms with Gasteiger partial charge in [-0.3, -0.25) is 4.79 Å². The van der Waals surface area contributed by atoms with Gasteiger partial charge in [0.15, 0.2) is 0 Å². The Kier molecular flexibility index (Phi) is 3.62. The van der Waals surface area contributed by atoms with E-state index in [2.05, 4.69) is 15.5 Å². The molecule has 0 radical (unpaired) electrons. The molecule has 1 amide bonds. The molecule has 0 bridgehead atoms. The molecular formula is C17H15N3O2. The van der Waals surface area contributed by atoms with Crippen molar-refractivity contribution in [2.45, 2.75) is 6.92 Å². The van der Waals surface area contributed by atoms with Gasteiger partial charge < -0.3 is 10.1 Å². The van der Waals surface area contributed by atoms with E-state index < -0.39 is 5.91 Å². The zero-order valence-corrected chi connectivity index (χ0v) is 12.0. The Hall–Kier alpha value is -3.08. The van der Waals surface area contributed by atoms with E-state index in [1.165, 1.54) is 0 Å². The lowest BCUT2D eigenvalue weighted by Crippen LogP contribution is -2.19. The minimum atomic E-state index is -0.450. The van der Waals surface area contributed by atoms with Crippen LogP contribution in [0.2, 0.25) is 0 Å². The SMILES string of the molecule is C/C(=N\NC(=O)c1cc2ccccc2cc1O)c1ccc[nH]1. The molecule has 0 saturated carbocycles. The Morgan fingerprint density at radius 2 is 1.86 bits per heavy atom. The molecule has 0 unspecified atom stereocenters. The number of nitrogens with zero attached hydrogens (tertiary/aromatic N) is 1. The van der Waals surface area contributed by atoms with Gasteiger partial charge in [0.1, 0.15) is 5.75 Å². The number of rotatable bonds is 3. The number of phenols is 1. The fourth-order valence-electron chi connectivity index (χ4n) is 2.22. The van der Waals surface area contributed by atoms with Gasteiger partial charge in [-0.05, 0) is 42.0 Å². The van der Waals surface area contributed by atoms with Crippen molar-refractivity contribution in [3.8, 4) is 5.75 Å². The zero-order valence-electron chi connectivity index (χ0n) is 12.0. The van der Waals surface area contributed by atoms with E-state index in [0.717, 1.165) is 16.5 Å². The van der Waals surface area contributed by atoms with Crippen LogP contribution in [0.3, 0.4) is 0 Å². The molecule has 2 aromatic carbocycles. The molecule has 0 aliphatic carbocycles. The number of hydrogen-bond donors (Lipinski definition) is 3. The van der Waals surface area contributed by atoms with Gasteiger partial charge in [0.25, 0.3) is 5.91 Å². The number of carbonyl (C=O) groups is 1. The van der Waals surface area contributed by atoms with Crippen LogP contribution in [0.15, 0.2) is 59.8 Å². The first-order valence-corrected chi connectivity index (χ1v) is 6.85. The summed E-state index contributed by atoms with van der Waals surface area (Å²) in [7, 11) is 0. The van der Waals surface area contributed by atoms with E-state index in [9.17, 15) is 9.90 Å². The summed E-state index contributed by atoms with van der Waals surface area (Å²) in [4.78, 5) is 15.2. The summed E-state index contributed by atoms with van der Waals surface area (Å²) in [5, 5.41) is 15.8. The first kappa shape index (κ1) is 13.9. The van der Waals surface area contributed by atoms with Gasteiger partial charge in [-0.1, -0.05) is 24.3 Å². The van der Waals surface area contributed by atoms with Crippen molar-refractivity contribution in [1.29, 1.82) is 0 Å². The molecular weight excluding hydrogens is 278 g/mol. The normalized spacial score (nSPS) is 11.6. The molecule has 1 heterocycles. The molecule has 0 atom stereocenters. The predicted octanol–water partition coefficient (Wildman–Crippen LogP) is 3.03. The monoisotopic (exact) mass is 293 g/mol. The third-order valence-corrected chi connectivity index (χ3v) is 3.42. The molecule has 22 heavy (non-hydrogen) atoms. The Bertz CT molecular complexity index is 851. The number of fused-ring (bicyclic) bond motifs is 1. The van der Waals surface area contributed by atoms with Crippen LogP contribution in [0, 0.1) is 0 Å². The minimum absolute atomic E-state index is 0.0658. The molecule has 1 aromatic heterocycles. The number of aromatic hydroxyl groups is 1. The number of hydrazone groups is 1. The van der Waals surface area contributed by atoms with Crippen molar-refractivity contribution in [1.82, 2.24) is 10.4 Å². The summed E-state index contributed by atoms with van der Waals surface area (Å²) in [6.45, 7) is 1.78. The number of phenolic OH excluding ortho intramolecular Hbond substituents is 1. The highest BCUT2D eigenvalue weighted by atomic mass is 16.3. The highest BCUT2D eigenvalue weighted by Crippen LogP contribution is 2.24. The summed E-state index contributed by atoms with van der Waals surface area (Å²) < 4.78 is 0. The number of benzene rings is 2. The van der Waals surface area contributed by atoms with Crippen LogP contribution in [-0.2, 0) is 0 Å². The van der Waals surface area contributed by atoms with Crippen molar-refractivity contribution in [2.24, 2.45) is 5.10 Å². The molecule has 110 valence electrons. The maximum atomic E-state index is 12.2. The van der Waals surface area contributed by atoms with E-state index in [1.54, 1.807) is 25.3 Å². The lowest BCUT2D eigenvalue weighted by atomic mass is 10.1. The van der Waals surface area contributed by atoms with Crippen LogP contribution >= 0.6 is 0 Å². The summed E-state index contributed by atoms with van der Waals surface area (Å²) in [6.07, 6.45) is 1.78. The average Bonchev–Trinajstić information content (AvgIpc) is 3.06. The molecule has 3 N–H and O–H groups in total. The molecule has 3 aromatic rings. The summed E-state index contributed by atoms with van der Waals surface area (Å²) >= 11 is 0. The second-order valence-corrected chi connectivity index (χ2v) is 4.94. The zero-order chi connectivity index (χ0) is 15.5. The number of amides is 1. The third-order valence-electron chi connectivity index (χ3n) is 3.42. The molecule has 5 heteroatoms. The Labute approximate surface area is 127 Å². The van der Waals surface area contributed by atoms with Crippen LogP contribution in [-0.4, -0.2) is 21.7 Å². The molecule has 5 nitrogen and oxygen atoms in total. The van der Waals surface area contributed by atoms with Gasteiger partial charge >= 0.3 is 0 Å². The van der Waals surface area contributed by atoms with Crippen LogP contribution in [0.25, 0.3) is 10.8 Å². The number of H-pyrrole nitrogens is 1. The minimum Gasteiger partial charge on any atom is -0.507 e. The van der Waals surface area contributed by atoms with Crippen LogP contribution < -0.4 is 5.43 Å². The van der Waals surface area contributed by atoms with Crippen LogP contribution in [0.5, 0.6) is 5.75 Å². The molecule has 3 rings (SSSR count). The molecule has 0 spiro atoms. The maximum Gasteiger partial charge on any atom is 0.275 e. The highest BCUT2D eigenvalue weighted by molar-refractivity contribution is 6.03. The highest BCUT2D eigenvalue weighted by Gasteiger charge is 2.12. The van der Waals surface area contributed by atoms with Crippen molar-refractivity contribution in [2.75, 3.05) is 0 Å². The summed E-state index contributed by atoms with van der Waals surface area (Å²) in [5.41, 5.74) is 4.13. The lowest BCUT2D eigenvalue weighted by molar-refractivity contribution is 0.0952. The number of aromatic nitrogens is 1. The lowest BCUT2D eigenvalue weighted by Gasteiger charge is -2.06. The average molecular weight is 293 g/mol. The van der Waals surface area contributed by atoms with Crippen molar-refractivity contribution in [3.63, 3.8) is 0 Å². The maximum absolute atomic E-state index is 12.2. The number of hydrogen-bond acceptors (Lipinski definition) is 3. The second-order valence-electron chi connectivity index (χ2n) is 4.94. The van der Waals surface area contributed by atoms with E-state index in [1.807, 2.05) is 36.4 Å². The van der Waals surface area contributed by atoms with E-state index in [4.69, 9.17) is 0 Å². The fraction of sp³-hybridized carbons (Fsp3) is 0.0588. The van der Waals surface area contributed by atoms with Gasteiger partial charge in [-0.15, -0.1) is 0 Å². The standard InChI is InChI=1S/C17H15N3O2/c1-11(15-7-4-8-18-15)19-20-17(22)14-9-12-5-2-3-6-13(12)10-16(14)21/h2-10,18,21H,1H3,(H,20,22)/b19-11+. The van der Waals surface area contributed by atoms with Crippen LogP contribution in [0.4, 0.5) is 0 Å². The van der Waals surface area contributed by atoms with Gasteiger partial charge in [0.2, 0.25) is 0 Å². The quantitative estimate of drug-likeness (QED) is 0.513. The van der Waals surface area contributed by atoms with Gasteiger partial charge in [0, 0.05) is 6.20 Å². The first-order valence-electron chi connectivity index (χ1n) is 6.85. The van der Waals surface area contributed by atoms with Crippen molar-refractivity contribution < 1.29 is 9.90 Å². The van der Waals surface area contributed by atoms with Gasteiger partial charge in [-0.2, -0.15) is 5.10 Å². The summed E-state index contributed by atoms with van der Waals surface area (Å²) in [5.74, 6) is -0.516.